The molecule has 2 aromatic rings. The molecule has 0 heterocycles. The van der Waals surface area contributed by atoms with Gasteiger partial charge in [-0.3, -0.25) is 4.79 Å². The van der Waals surface area contributed by atoms with E-state index in [1.807, 2.05) is 60.7 Å². The fraction of sp³-hybridized carbons (Fsp3) is 0.278. The summed E-state index contributed by atoms with van der Waals surface area (Å²) in [5, 5.41) is 0. The van der Waals surface area contributed by atoms with Crippen LogP contribution in [0, 0.1) is 0 Å². The van der Waals surface area contributed by atoms with Gasteiger partial charge in [-0.1, -0.05) is 60.7 Å². The van der Waals surface area contributed by atoms with Crippen LogP contribution < -0.4 is 11.5 Å². The molecule has 3 nitrogen and oxygen atoms in total. The van der Waals surface area contributed by atoms with Crippen LogP contribution in [0.2, 0.25) is 0 Å². The number of benzene rings is 2. The molecule has 0 radical (unpaired) electrons. The van der Waals surface area contributed by atoms with E-state index in [9.17, 15) is 4.79 Å². The second-order valence-electron chi connectivity index (χ2n) is 5.42. The van der Waals surface area contributed by atoms with Crippen molar-refractivity contribution in [2.75, 3.05) is 0 Å². The Kier molecular flexibility index (Phi) is 5.67. The number of carbonyl (C=O) groups is 1. The summed E-state index contributed by atoms with van der Waals surface area (Å²) in [5.41, 5.74) is 14.3. The first-order chi connectivity index (χ1) is 10.1. The third-order valence-corrected chi connectivity index (χ3v) is 3.52. The number of carbonyl (C=O) groups excluding carboxylic acids is 1. The van der Waals surface area contributed by atoms with Gasteiger partial charge >= 0.3 is 0 Å². The van der Waals surface area contributed by atoms with Crippen LogP contribution in [0.1, 0.15) is 17.5 Å². The van der Waals surface area contributed by atoms with Gasteiger partial charge in [0.05, 0.1) is 6.04 Å². The lowest BCUT2D eigenvalue weighted by Gasteiger charge is -2.15. The van der Waals surface area contributed by atoms with Gasteiger partial charge in [-0.15, -0.1) is 0 Å². The van der Waals surface area contributed by atoms with E-state index in [-0.39, 0.29) is 11.8 Å². The van der Waals surface area contributed by atoms with Crippen LogP contribution >= 0.6 is 0 Å². The standard InChI is InChI=1S/C18H22N2O/c19-16(11-14-7-3-1-4-8-14)13-18(21)17(20)12-15-9-5-2-6-10-15/h1-10,16-17H,11-13,19-20H2/t16-,17-/m0/s1. The normalized spacial score (nSPS) is 13.6. The number of hydrogen-bond acceptors (Lipinski definition) is 3. The van der Waals surface area contributed by atoms with Crippen molar-refractivity contribution in [3.05, 3.63) is 71.8 Å². The molecule has 0 aliphatic heterocycles. The zero-order valence-corrected chi connectivity index (χ0v) is 12.1. The molecule has 0 bridgehead atoms. The highest BCUT2D eigenvalue weighted by atomic mass is 16.1. The maximum Gasteiger partial charge on any atom is 0.151 e. The Morgan fingerprint density at radius 1 is 0.810 bits per heavy atom. The number of ketones is 1. The van der Waals surface area contributed by atoms with Crippen LogP contribution in [0.4, 0.5) is 0 Å². The maximum atomic E-state index is 12.1. The van der Waals surface area contributed by atoms with E-state index in [0.717, 1.165) is 11.1 Å². The Morgan fingerprint density at radius 2 is 1.29 bits per heavy atom. The molecular formula is C18H22N2O. The first-order valence-corrected chi connectivity index (χ1v) is 7.27. The van der Waals surface area contributed by atoms with Crippen LogP contribution in [0.3, 0.4) is 0 Å². The maximum absolute atomic E-state index is 12.1. The minimum absolute atomic E-state index is 0.0299. The van der Waals surface area contributed by atoms with Gasteiger partial charge in [-0.25, -0.2) is 0 Å². The van der Waals surface area contributed by atoms with E-state index in [2.05, 4.69) is 0 Å². The van der Waals surface area contributed by atoms with Crippen LogP contribution in [0.5, 0.6) is 0 Å². The Morgan fingerprint density at radius 3 is 1.81 bits per heavy atom. The number of Topliss-reactive ketones (excluding diaryl/α,β-unsaturated/α-hetero) is 1. The van der Waals surface area contributed by atoms with E-state index < -0.39 is 6.04 Å². The number of rotatable bonds is 7. The minimum atomic E-state index is -0.478. The summed E-state index contributed by atoms with van der Waals surface area (Å²) in [7, 11) is 0. The molecule has 0 unspecified atom stereocenters. The molecule has 0 saturated carbocycles. The molecule has 0 aliphatic carbocycles. The van der Waals surface area contributed by atoms with Crippen molar-refractivity contribution in [2.24, 2.45) is 11.5 Å². The quantitative estimate of drug-likeness (QED) is 0.817. The lowest BCUT2D eigenvalue weighted by atomic mass is 9.96. The van der Waals surface area contributed by atoms with Crippen molar-refractivity contribution in [3.63, 3.8) is 0 Å². The second kappa shape index (κ2) is 7.72. The fourth-order valence-electron chi connectivity index (χ4n) is 2.38. The van der Waals surface area contributed by atoms with Crippen molar-refractivity contribution < 1.29 is 4.79 Å². The zero-order chi connectivity index (χ0) is 15.1. The lowest BCUT2D eigenvalue weighted by Crippen LogP contribution is -2.37. The van der Waals surface area contributed by atoms with Crippen molar-refractivity contribution in [2.45, 2.75) is 31.3 Å². The molecule has 2 atom stereocenters. The molecule has 0 fully saturated rings. The molecule has 4 N–H and O–H groups in total. The summed E-state index contributed by atoms with van der Waals surface area (Å²) >= 11 is 0. The van der Waals surface area contributed by atoms with E-state index in [0.29, 0.717) is 19.3 Å². The average molecular weight is 282 g/mol. The Labute approximate surface area is 126 Å². The van der Waals surface area contributed by atoms with Gasteiger partial charge in [-0.2, -0.15) is 0 Å². The van der Waals surface area contributed by atoms with Crippen molar-refractivity contribution in [1.82, 2.24) is 0 Å². The van der Waals surface area contributed by atoms with E-state index in [4.69, 9.17) is 11.5 Å². The van der Waals surface area contributed by atoms with E-state index in [1.165, 1.54) is 0 Å². The van der Waals surface area contributed by atoms with Crippen LogP contribution in [0.25, 0.3) is 0 Å². The van der Waals surface area contributed by atoms with Gasteiger partial charge in [0, 0.05) is 12.5 Å². The molecule has 0 amide bonds. The van der Waals surface area contributed by atoms with E-state index >= 15 is 0 Å². The third-order valence-electron chi connectivity index (χ3n) is 3.52. The predicted octanol–water partition coefficient (Wildman–Crippen LogP) is 2.09. The van der Waals surface area contributed by atoms with Crippen molar-refractivity contribution in [1.29, 1.82) is 0 Å². The first-order valence-electron chi connectivity index (χ1n) is 7.27. The second-order valence-corrected chi connectivity index (χ2v) is 5.42. The van der Waals surface area contributed by atoms with E-state index in [1.54, 1.807) is 0 Å². The molecule has 2 rings (SSSR count). The third kappa shape index (κ3) is 5.14. The molecule has 110 valence electrons. The summed E-state index contributed by atoms with van der Waals surface area (Å²) in [6, 6.07) is 19.1. The highest BCUT2D eigenvalue weighted by molar-refractivity contribution is 5.84. The van der Waals surface area contributed by atoms with Gasteiger partial charge < -0.3 is 11.5 Å². The van der Waals surface area contributed by atoms with Gasteiger partial charge in [0.25, 0.3) is 0 Å². The Balaban J connectivity index is 1.83. The highest BCUT2D eigenvalue weighted by Gasteiger charge is 2.17. The topological polar surface area (TPSA) is 69.1 Å². The highest BCUT2D eigenvalue weighted by Crippen LogP contribution is 2.08. The lowest BCUT2D eigenvalue weighted by molar-refractivity contribution is -0.120. The van der Waals surface area contributed by atoms with Gasteiger partial charge in [0.15, 0.2) is 5.78 Å². The summed E-state index contributed by atoms with van der Waals surface area (Å²) < 4.78 is 0. The van der Waals surface area contributed by atoms with Gasteiger partial charge in [-0.05, 0) is 24.0 Å². The Bertz CT molecular complexity index is 554. The summed E-state index contributed by atoms with van der Waals surface area (Å²) in [6.07, 6.45) is 1.59. The summed E-state index contributed by atoms with van der Waals surface area (Å²) in [5.74, 6) is 0.0299. The molecule has 0 aromatic heterocycles. The molecule has 3 heteroatoms. The van der Waals surface area contributed by atoms with Crippen molar-refractivity contribution >= 4 is 5.78 Å². The summed E-state index contributed by atoms with van der Waals surface area (Å²) in [4.78, 5) is 12.1. The van der Waals surface area contributed by atoms with Crippen LogP contribution in [0.15, 0.2) is 60.7 Å². The monoisotopic (exact) mass is 282 g/mol. The largest absolute Gasteiger partial charge is 0.327 e. The predicted molar refractivity (Wildman–Crippen MR) is 85.9 cm³/mol. The molecule has 2 aromatic carbocycles. The number of hydrogen-bond donors (Lipinski definition) is 2. The number of nitrogens with two attached hydrogens (primary N) is 2. The molecule has 21 heavy (non-hydrogen) atoms. The minimum Gasteiger partial charge on any atom is -0.327 e. The fourth-order valence-corrected chi connectivity index (χ4v) is 2.38. The zero-order valence-electron chi connectivity index (χ0n) is 12.1. The SMILES string of the molecule is N[C@H](CC(=O)[C@@H](N)Cc1ccccc1)Cc1ccccc1. The molecule has 0 spiro atoms. The smallest absolute Gasteiger partial charge is 0.151 e. The molecular weight excluding hydrogens is 260 g/mol. The first kappa shape index (κ1) is 15.4. The van der Waals surface area contributed by atoms with Gasteiger partial charge in [0.1, 0.15) is 0 Å². The summed E-state index contributed by atoms with van der Waals surface area (Å²) in [6.45, 7) is 0. The van der Waals surface area contributed by atoms with Crippen LogP contribution in [-0.4, -0.2) is 17.9 Å². The van der Waals surface area contributed by atoms with Crippen molar-refractivity contribution in [3.8, 4) is 0 Å². The molecule has 0 saturated heterocycles. The average Bonchev–Trinajstić information content (AvgIpc) is 2.49. The van der Waals surface area contributed by atoms with Crippen LogP contribution in [-0.2, 0) is 17.6 Å². The molecule has 0 aliphatic rings. The Hall–Kier alpha value is -1.97. The van der Waals surface area contributed by atoms with Gasteiger partial charge in [0.2, 0.25) is 0 Å².